The summed E-state index contributed by atoms with van der Waals surface area (Å²) in [5.74, 6) is -4.48. The molecular weight excluding hydrogens is 616 g/mol. The molecule has 1 unspecified atom stereocenters. The maximum absolute atomic E-state index is 13.9. The maximum Gasteiger partial charge on any atom is 0.338 e. The lowest BCUT2D eigenvalue weighted by molar-refractivity contribution is -0.146. The van der Waals surface area contributed by atoms with E-state index in [0.717, 1.165) is 44.6 Å². The van der Waals surface area contributed by atoms with E-state index in [4.69, 9.17) is 4.74 Å². The Bertz CT molecular complexity index is 1230. The summed E-state index contributed by atoms with van der Waals surface area (Å²) in [6.45, 7) is 4.48. The van der Waals surface area contributed by atoms with E-state index in [9.17, 15) is 29.7 Å². The van der Waals surface area contributed by atoms with Crippen molar-refractivity contribution >= 4 is 17.5 Å². The number of hydrogen-bond donors (Lipinski definition) is 3. The fraction of sp³-hybridized carbons (Fsp3) is 0.738. The third-order valence-corrected chi connectivity index (χ3v) is 10.7. The highest BCUT2D eigenvalue weighted by Crippen LogP contribution is 2.53. The van der Waals surface area contributed by atoms with E-state index < -0.39 is 40.2 Å². The van der Waals surface area contributed by atoms with Crippen molar-refractivity contribution in [2.75, 3.05) is 0 Å². The van der Waals surface area contributed by atoms with Gasteiger partial charge in [-0.3, -0.25) is 9.59 Å². The number of carbonyl (C=O) groups is 3. The molecule has 49 heavy (non-hydrogen) atoms. The van der Waals surface area contributed by atoms with Gasteiger partial charge in [-0.05, 0) is 25.7 Å². The SMILES string of the molecule is CCCCCCCCCCCCCCCC1=C(O)C(=O)C2(C(=O)Oc3cc(O)c(O)c(CCCCCCCCCCCCCCC)c32)C1=O. The summed E-state index contributed by atoms with van der Waals surface area (Å²) in [7, 11) is 0. The van der Waals surface area contributed by atoms with E-state index in [2.05, 4.69) is 13.8 Å². The van der Waals surface area contributed by atoms with Crippen molar-refractivity contribution in [2.24, 2.45) is 0 Å². The first-order valence-corrected chi connectivity index (χ1v) is 20.1. The van der Waals surface area contributed by atoms with Crippen molar-refractivity contribution in [3.05, 3.63) is 28.5 Å². The van der Waals surface area contributed by atoms with Gasteiger partial charge in [-0.15, -0.1) is 0 Å². The zero-order valence-electron chi connectivity index (χ0n) is 30.9. The second kappa shape index (κ2) is 22.1. The van der Waals surface area contributed by atoms with Gasteiger partial charge < -0.3 is 20.1 Å². The van der Waals surface area contributed by atoms with Gasteiger partial charge in [0, 0.05) is 22.8 Å². The lowest BCUT2D eigenvalue weighted by Crippen LogP contribution is -2.46. The van der Waals surface area contributed by atoms with Gasteiger partial charge in [-0.25, -0.2) is 4.79 Å². The van der Waals surface area contributed by atoms with Crippen LogP contribution in [0.4, 0.5) is 0 Å². The van der Waals surface area contributed by atoms with Crippen molar-refractivity contribution in [1.82, 2.24) is 0 Å². The van der Waals surface area contributed by atoms with Gasteiger partial charge in [0.05, 0.1) is 0 Å². The van der Waals surface area contributed by atoms with Gasteiger partial charge in [-0.1, -0.05) is 168 Å². The first-order valence-electron chi connectivity index (χ1n) is 20.1. The Kier molecular flexibility index (Phi) is 18.3. The molecule has 1 aliphatic carbocycles. The van der Waals surface area contributed by atoms with Crippen LogP contribution in [0.1, 0.15) is 198 Å². The molecule has 3 N–H and O–H groups in total. The Morgan fingerprint density at radius 2 is 0.918 bits per heavy atom. The minimum atomic E-state index is -2.34. The molecular formula is C42H66O7. The summed E-state index contributed by atoms with van der Waals surface area (Å²) in [5, 5.41) is 32.2. The molecule has 7 nitrogen and oxygen atoms in total. The number of Topliss-reactive ketones (excluding diaryl/α,β-unsaturated/α-hetero) is 2. The van der Waals surface area contributed by atoms with Gasteiger partial charge in [0.2, 0.25) is 11.2 Å². The number of rotatable bonds is 28. The van der Waals surface area contributed by atoms with Crippen molar-refractivity contribution in [3.63, 3.8) is 0 Å². The summed E-state index contributed by atoms with van der Waals surface area (Å²) in [6.07, 6.45) is 31.0. The number of carbonyl (C=O) groups excluding carboxylic acids is 3. The number of benzene rings is 1. The number of ether oxygens (including phenoxy) is 1. The van der Waals surface area contributed by atoms with E-state index >= 15 is 0 Å². The van der Waals surface area contributed by atoms with E-state index in [0.29, 0.717) is 12.8 Å². The summed E-state index contributed by atoms with van der Waals surface area (Å²) in [5.41, 5.74) is -2.20. The number of aromatic hydroxyl groups is 2. The molecule has 276 valence electrons. The molecule has 2 aliphatic rings. The summed E-state index contributed by atoms with van der Waals surface area (Å²) >= 11 is 0. The standard InChI is InChI=1S/C42H66O7/c1-3-5-7-9-11-13-15-17-19-21-23-25-27-29-32-36-35(31-34(43)37(32)44)49-41(48)42(36)39(46)33(38(45)40(42)47)30-28-26-24-22-20-18-16-14-12-10-8-6-4-2/h31,43-45H,3-30H2,1-2H3. The summed E-state index contributed by atoms with van der Waals surface area (Å²) in [6, 6.07) is 1.09. The number of esters is 1. The van der Waals surface area contributed by atoms with Crippen molar-refractivity contribution in [1.29, 1.82) is 0 Å². The Labute approximate surface area is 296 Å². The molecule has 7 heteroatoms. The minimum absolute atomic E-state index is 0.00588. The number of fused-ring (bicyclic) bond motifs is 2. The Hall–Kier alpha value is -2.83. The van der Waals surface area contributed by atoms with Crippen LogP contribution in [0, 0.1) is 0 Å². The van der Waals surface area contributed by atoms with E-state index in [-0.39, 0.29) is 35.3 Å². The Balaban J connectivity index is 1.48. The molecule has 1 atom stereocenters. The third-order valence-electron chi connectivity index (χ3n) is 10.7. The minimum Gasteiger partial charge on any atom is -0.504 e. The number of phenols is 2. The van der Waals surface area contributed by atoms with Gasteiger partial charge in [-0.2, -0.15) is 0 Å². The van der Waals surface area contributed by atoms with Crippen LogP contribution >= 0.6 is 0 Å². The zero-order valence-corrected chi connectivity index (χ0v) is 30.9. The average Bonchev–Trinajstić information content (AvgIpc) is 3.48. The van der Waals surface area contributed by atoms with Crippen LogP contribution in [0.2, 0.25) is 0 Å². The van der Waals surface area contributed by atoms with Crippen LogP contribution in [-0.2, 0) is 26.2 Å². The van der Waals surface area contributed by atoms with Gasteiger partial charge in [0.1, 0.15) is 5.75 Å². The van der Waals surface area contributed by atoms with Crippen molar-refractivity contribution < 1.29 is 34.4 Å². The third kappa shape index (κ3) is 11.1. The van der Waals surface area contributed by atoms with Crippen LogP contribution < -0.4 is 4.74 Å². The predicted octanol–water partition coefficient (Wildman–Crippen LogP) is 11.3. The highest BCUT2D eigenvalue weighted by molar-refractivity contribution is 6.42. The molecule has 0 amide bonds. The molecule has 1 heterocycles. The van der Waals surface area contributed by atoms with Crippen LogP contribution in [0.5, 0.6) is 17.2 Å². The van der Waals surface area contributed by atoms with E-state index in [1.165, 1.54) is 116 Å². The molecule has 0 fully saturated rings. The van der Waals surface area contributed by atoms with Crippen molar-refractivity contribution in [3.8, 4) is 17.2 Å². The lowest BCUT2D eigenvalue weighted by Gasteiger charge is -2.20. The molecule has 1 aromatic rings. The monoisotopic (exact) mass is 682 g/mol. The zero-order chi connectivity index (χ0) is 35.5. The van der Waals surface area contributed by atoms with Gasteiger partial charge in [0.25, 0.3) is 0 Å². The normalized spacial score (nSPS) is 17.1. The fourth-order valence-electron chi connectivity index (χ4n) is 7.74. The van der Waals surface area contributed by atoms with Crippen LogP contribution in [-0.4, -0.2) is 32.9 Å². The highest BCUT2D eigenvalue weighted by atomic mass is 16.5. The molecule has 0 radical (unpaired) electrons. The number of aliphatic hydroxyl groups is 1. The first kappa shape index (κ1) is 40.6. The number of unbranched alkanes of at least 4 members (excludes halogenated alkanes) is 24. The topological polar surface area (TPSA) is 121 Å². The smallest absolute Gasteiger partial charge is 0.338 e. The molecule has 0 saturated heterocycles. The average molecular weight is 683 g/mol. The summed E-state index contributed by atoms with van der Waals surface area (Å²) in [4.78, 5) is 40.9. The molecule has 0 saturated carbocycles. The first-order chi connectivity index (χ1) is 23.8. The second-order valence-electron chi connectivity index (χ2n) is 14.7. The molecule has 1 spiro atoms. The second-order valence-corrected chi connectivity index (χ2v) is 14.7. The molecule has 0 aromatic heterocycles. The van der Waals surface area contributed by atoms with Crippen molar-refractivity contribution in [2.45, 2.75) is 199 Å². The fourth-order valence-corrected chi connectivity index (χ4v) is 7.74. The van der Waals surface area contributed by atoms with Crippen LogP contribution in [0.3, 0.4) is 0 Å². The van der Waals surface area contributed by atoms with Crippen LogP contribution in [0.15, 0.2) is 17.4 Å². The Morgan fingerprint density at radius 1 is 0.531 bits per heavy atom. The molecule has 1 aliphatic heterocycles. The van der Waals surface area contributed by atoms with E-state index in [1.54, 1.807) is 0 Å². The van der Waals surface area contributed by atoms with Gasteiger partial charge >= 0.3 is 5.97 Å². The number of aliphatic hydroxyl groups excluding tert-OH is 1. The number of phenolic OH excluding ortho intramolecular Hbond substituents is 2. The van der Waals surface area contributed by atoms with Gasteiger partial charge in [0.15, 0.2) is 23.0 Å². The Morgan fingerprint density at radius 3 is 1.35 bits per heavy atom. The van der Waals surface area contributed by atoms with Crippen LogP contribution in [0.25, 0.3) is 0 Å². The van der Waals surface area contributed by atoms with E-state index in [1.807, 2.05) is 0 Å². The highest BCUT2D eigenvalue weighted by Gasteiger charge is 2.67. The lowest BCUT2D eigenvalue weighted by atomic mass is 9.73. The number of ketones is 2. The predicted molar refractivity (Wildman–Crippen MR) is 196 cm³/mol. The number of allylic oxidation sites excluding steroid dienone is 2. The quantitative estimate of drug-likeness (QED) is 0.0264. The largest absolute Gasteiger partial charge is 0.504 e. The number of hydrogen-bond acceptors (Lipinski definition) is 7. The maximum atomic E-state index is 13.9. The molecule has 1 aromatic carbocycles. The molecule has 3 rings (SSSR count). The summed E-state index contributed by atoms with van der Waals surface area (Å²) < 4.78 is 5.41. The molecule has 0 bridgehead atoms.